The molecule has 1 N–H and O–H groups in total. The van der Waals surface area contributed by atoms with E-state index in [1.165, 1.54) is 43.2 Å². The summed E-state index contributed by atoms with van der Waals surface area (Å²) in [6.07, 6.45) is 5.87. The lowest BCUT2D eigenvalue weighted by Gasteiger charge is -2.17. The highest BCUT2D eigenvalue weighted by atomic mass is 32.2. The monoisotopic (exact) mass is 377 g/mol. The number of rotatable bonds is 6. The summed E-state index contributed by atoms with van der Waals surface area (Å²) in [5.41, 5.74) is 0.856. The minimum atomic E-state index is -0.363. The van der Waals surface area contributed by atoms with Gasteiger partial charge in [-0.1, -0.05) is 43.2 Å². The second kappa shape index (κ2) is 8.66. The molecule has 2 atom stereocenters. The molecule has 1 saturated carbocycles. The number of carbonyl (C=O) groups is 1. The summed E-state index contributed by atoms with van der Waals surface area (Å²) in [6.45, 7) is 3.68. The molecule has 0 aliphatic heterocycles. The van der Waals surface area contributed by atoms with Crippen molar-refractivity contribution in [3.05, 3.63) is 41.5 Å². The topological polar surface area (TPSA) is 68.0 Å². The van der Waals surface area contributed by atoms with Crippen LogP contribution in [0.4, 0.5) is 4.39 Å². The first kappa shape index (κ1) is 18.9. The number of nitrogens with one attached hydrogen (secondary N) is 1. The van der Waals surface area contributed by atoms with Crippen LogP contribution >= 0.6 is 11.8 Å². The molecule has 2 aromatic rings. The van der Waals surface area contributed by atoms with Crippen LogP contribution in [0.3, 0.4) is 0 Å². The molecule has 0 saturated heterocycles. The lowest BCUT2D eigenvalue weighted by molar-refractivity contribution is -0.120. The van der Waals surface area contributed by atoms with E-state index < -0.39 is 0 Å². The Balaban J connectivity index is 1.53. The number of nitrogens with zero attached hydrogens (tertiary/aromatic N) is 2. The summed E-state index contributed by atoms with van der Waals surface area (Å²) in [4.78, 5) is 12.4. The van der Waals surface area contributed by atoms with E-state index in [0.717, 1.165) is 18.4 Å². The molecular formula is C19H24FN3O2S. The van der Waals surface area contributed by atoms with Crippen molar-refractivity contribution < 1.29 is 13.6 Å². The first-order valence-corrected chi connectivity index (χ1v) is 9.97. The lowest BCUT2D eigenvalue weighted by Crippen LogP contribution is -2.33. The molecule has 1 heterocycles. The molecule has 5 nitrogen and oxygen atoms in total. The van der Waals surface area contributed by atoms with Crippen LogP contribution in [-0.2, 0) is 4.79 Å². The van der Waals surface area contributed by atoms with Gasteiger partial charge in [-0.3, -0.25) is 4.79 Å². The molecule has 7 heteroatoms. The molecule has 0 spiro atoms. The number of hydrogen-bond acceptors (Lipinski definition) is 5. The fourth-order valence-corrected chi connectivity index (χ4v) is 3.85. The van der Waals surface area contributed by atoms with Gasteiger partial charge in [0.1, 0.15) is 5.82 Å². The Bertz CT molecular complexity index is 729. The SMILES string of the molecule is C[C@H](Sc1nnc(C2CCCCC2)o1)C(=O)N[C@H](C)c1ccc(F)cc1. The third kappa shape index (κ3) is 4.84. The van der Waals surface area contributed by atoms with Crippen LogP contribution in [0.25, 0.3) is 0 Å². The summed E-state index contributed by atoms with van der Waals surface area (Å²) < 4.78 is 18.8. The highest BCUT2D eigenvalue weighted by Crippen LogP contribution is 2.33. The Morgan fingerprint density at radius 1 is 1.19 bits per heavy atom. The van der Waals surface area contributed by atoms with Crippen LogP contribution in [-0.4, -0.2) is 21.4 Å². The van der Waals surface area contributed by atoms with Crippen molar-refractivity contribution in [3.63, 3.8) is 0 Å². The van der Waals surface area contributed by atoms with Crippen molar-refractivity contribution in [3.8, 4) is 0 Å². The largest absolute Gasteiger partial charge is 0.416 e. The van der Waals surface area contributed by atoms with Crippen molar-refractivity contribution in [2.45, 2.75) is 68.4 Å². The van der Waals surface area contributed by atoms with Crippen LogP contribution in [0.1, 0.15) is 69.4 Å². The number of thioether (sulfide) groups is 1. The van der Waals surface area contributed by atoms with Crippen molar-refractivity contribution in [1.82, 2.24) is 15.5 Å². The lowest BCUT2D eigenvalue weighted by atomic mass is 9.89. The Morgan fingerprint density at radius 2 is 1.88 bits per heavy atom. The van der Waals surface area contributed by atoms with Gasteiger partial charge >= 0.3 is 0 Å². The molecule has 140 valence electrons. The minimum Gasteiger partial charge on any atom is -0.416 e. The van der Waals surface area contributed by atoms with Gasteiger partial charge in [-0.15, -0.1) is 10.2 Å². The molecule has 1 aromatic carbocycles. The average molecular weight is 377 g/mol. The molecule has 26 heavy (non-hydrogen) atoms. The number of halogens is 1. The minimum absolute atomic E-state index is 0.121. The normalized spacial score (nSPS) is 17.7. The van der Waals surface area contributed by atoms with Crippen molar-refractivity contribution in [2.75, 3.05) is 0 Å². The molecule has 0 radical (unpaired) electrons. The summed E-state index contributed by atoms with van der Waals surface area (Å²) in [6, 6.07) is 5.92. The van der Waals surface area contributed by atoms with Crippen LogP contribution in [0, 0.1) is 5.82 Å². The van der Waals surface area contributed by atoms with E-state index in [4.69, 9.17) is 4.42 Å². The maximum Gasteiger partial charge on any atom is 0.277 e. The third-order valence-electron chi connectivity index (χ3n) is 4.75. The number of aromatic nitrogens is 2. The fourth-order valence-electron chi connectivity index (χ4n) is 3.15. The molecule has 1 aliphatic rings. The molecule has 1 fully saturated rings. The van der Waals surface area contributed by atoms with Gasteiger partial charge in [0, 0.05) is 5.92 Å². The second-order valence-corrected chi connectivity index (χ2v) is 8.08. The van der Waals surface area contributed by atoms with Gasteiger partial charge in [-0.2, -0.15) is 0 Å². The third-order valence-corrected chi connectivity index (χ3v) is 5.69. The Morgan fingerprint density at radius 3 is 2.58 bits per heavy atom. The van der Waals surface area contributed by atoms with Gasteiger partial charge in [-0.25, -0.2) is 4.39 Å². The number of benzene rings is 1. The zero-order valence-electron chi connectivity index (χ0n) is 15.1. The quantitative estimate of drug-likeness (QED) is 0.744. The fraction of sp³-hybridized carbons (Fsp3) is 0.526. The van der Waals surface area contributed by atoms with Crippen LogP contribution < -0.4 is 5.32 Å². The molecule has 1 aromatic heterocycles. The molecule has 1 aliphatic carbocycles. The van der Waals surface area contributed by atoms with Gasteiger partial charge in [0.2, 0.25) is 11.8 Å². The van der Waals surface area contributed by atoms with Crippen LogP contribution in [0.2, 0.25) is 0 Å². The van der Waals surface area contributed by atoms with Gasteiger partial charge in [0.25, 0.3) is 5.22 Å². The Hall–Kier alpha value is -1.89. The zero-order valence-corrected chi connectivity index (χ0v) is 15.9. The van der Waals surface area contributed by atoms with E-state index in [-0.39, 0.29) is 23.0 Å². The predicted octanol–water partition coefficient (Wildman–Crippen LogP) is 4.61. The van der Waals surface area contributed by atoms with E-state index >= 15 is 0 Å². The smallest absolute Gasteiger partial charge is 0.277 e. The number of hydrogen-bond donors (Lipinski definition) is 1. The highest BCUT2D eigenvalue weighted by molar-refractivity contribution is 8.00. The van der Waals surface area contributed by atoms with Gasteiger partial charge in [-0.05, 0) is 44.4 Å². The first-order chi connectivity index (χ1) is 12.5. The first-order valence-electron chi connectivity index (χ1n) is 9.09. The van der Waals surface area contributed by atoms with Crippen molar-refractivity contribution in [1.29, 1.82) is 0 Å². The highest BCUT2D eigenvalue weighted by Gasteiger charge is 2.24. The van der Waals surface area contributed by atoms with E-state index in [1.54, 1.807) is 12.1 Å². The second-order valence-electron chi connectivity index (χ2n) is 6.78. The maximum absolute atomic E-state index is 13.0. The van der Waals surface area contributed by atoms with E-state index in [9.17, 15) is 9.18 Å². The molecule has 1 amide bonds. The van der Waals surface area contributed by atoms with Crippen molar-refractivity contribution in [2.24, 2.45) is 0 Å². The Kier molecular flexibility index (Phi) is 6.29. The molecular weight excluding hydrogens is 353 g/mol. The van der Waals surface area contributed by atoms with E-state index in [2.05, 4.69) is 15.5 Å². The summed E-state index contributed by atoms with van der Waals surface area (Å²) in [5, 5.41) is 11.3. The summed E-state index contributed by atoms with van der Waals surface area (Å²) >= 11 is 1.26. The summed E-state index contributed by atoms with van der Waals surface area (Å²) in [7, 11) is 0. The van der Waals surface area contributed by atoms with Crippen LogP contribution in [0.5, 0.6) is 0 Å². The standard InChI is InChI=1S/C19H24FN3O2S/c1-12(14-8-10-16(20)11-9-14)21-17(24)13(2)26-19-23-22-18(25-19)15-6-4-3-5-7-15/h8-13,15H,3-7H2,1-2H3,(H,21,24)/t12-,13+/m1/s1. The van der Waals surface area contributed by atoms with E-state index in [1.807, 2.05) is 13.8 Å². The zero-order chi connectivity index (χ0) is 18.5. The van der Waals surface area contributed by atoms with E-state index in [0.29, 0.717) is 17.0 Å². The maximum atomic E-state index is 13.0. The Labute approximate surface area is 157 Å². The van der Waals surface area contributed by atoms with Crippen molar-refractivity contribution >= 4 is 17.7 Å². The van der Waals surface area contributed by atoms with Gasteiger partial charge in [0.15, 0.2) is 0 Å². The molecule has 0 bridgehead atoms. The molecule has 0 unspecified atom stereocenters. The predicted molar refractivity (Wildman–Crippen MR) is 98.4 cm³/mol. The van der Waals surface area contributed by atoms with Gasteiger partial charge < -0.3 is 9.73 Å². The van der Waals surface area contributed by atoms with Gasteiger partial charge in [0.05, 0.1) is 11.3 Å². The average Bonchev–Trinajstić information content (AvgIpc) is 3.11. The summed E-state index contributed by atoms with van der Waals surface area (Å²) in [5.74, 6) is 0.637. The molecule has 3 rings (SSSR count). The van der Waals surface area contributed by atoms with Crippen LogP contribution in [0.15, 0.2) is 33.9 Å². The number of amides is 1. The number of carbonyl (C=O) groups excluding carboxylic acids is 1.